The number of carbonyl (C=O) groups excluding carboxylic acids is 1. The maximum absolute atomic E-state index is 12.7. The van der Waals surface area contributed by atoms with E-state index in [1.807, 2.05) is 0 Å². The fourth-order valence-electron chi connectivity index (χ4n) is 2.90. The summed E-state index contributed by atoms with van der Waals surface area (Å²) in [6, 6.07) is 8.28. The smallest absolute Gasteiger partial charge is 0.252 e. The maximum atomic E-state index is 12.7. The van der Waals surface area contributed by atoms with Crippen molar-refractivity contribution in [1.82, 2.24) is 4.31 Å². The van der Waals surface area contributed by atoms with Gasteiger partial charge in [0.15, 0.2) is 0 Å². The van der Waals surface area contributed by atoms with Crippen LogP contribution in [0.25, 0.3) is 0 Å². The molecule has 0 bridgehead atoms. The van der Waals surface area contributed by atoms with E-state index in [0.717, 1.165) is 0 Å². The third-order valence-electron chi connectivity index (χ3n) is 4.26. The zero-order valence-electron chi connectivity index (χ0n) is 14.1. The summed E-state index contributed by atoms with van der Waals surface area (Å²) in [4.78, 5) is 12.6. The lowest BCUT2D eigenvalue weighted by molar-refractivity contribution is -0.120. The van der Waals surface area contributed by atoms with E-state index >= 15 is 0 Å². The number of carbonyl (C=O) groups is 1. The Hall–Kier alpha value is -1.61. The highest BCUT2D eigenvalue weighted by Gasteiger charge is 2.33. The van der Waals surface area contributed by atoms with Gasteiger partial charge in [0.05, 0.1) is 18.1 Å². The van der Waals surface area contributed by atoms with Crippen LogP contribution in [0.2, 0.25) is 5.02 Å². The van der Waals surface area contributed by atoms with E-state index in [9.17, 15) is 13.2 Å². The molecule has 3 rings (SSSR count). The van der Waals surface area contributed by atoms with Gasteiger partial charge in [-0.1, -0.05) is 17.7 Å². The number of piperidine rings is 1. The van der Waals surface area contributed by atoms with Crippen LogP contribution in [0.3, 0.4) is 0 Å². The first kappa shape index (κ1) is 19.2. The second kappa shape index (κ2) is 7.96. The van der Waals surface area contributed by atoms with Crippen molar-refractivity contribution < 1.29 is 17.9 Å². The standard InChI is InChI=1S/C17H19ClN2O4S2/c1-24-15-7-6-13(10-14(15)18)19-17(21)12-4-2-8-20(11-12)26(22,23)16-5-3-9-25-16/h3,5-7,9-10,12H,2,4,8,11H2,1H3,(H,19,21)/t12-/m1/s1. The maximum Gasteiger partial charge on any atom is 0.252 e. The molecule has 0 spiro atoms. The van der Waals surface area contributed by atoms with Gasteiger partial charge >= 0.3 is 0 Å². The number of hydrogen-bond donors (Lipinski definition) is 1. The summed E-state index contributed by atoms with van der Waals surface area (Å²) in [6.45, 7) is 0.605. The molecule has 0 saturated carbocycles. The predicted molar refractivity (Wildman–Crippen MR) is 102 cm³/mol. The number of methoxy groups -OCH3 is 1. The van der Waals surface area contributed by atoms with E-state index in [-0.39, 0.29) is 12.5 Å². The van der Waals surface area contributed by atoms with Gasteiger partial charge in [0.1, 0.15) is 9.96 Å². The van der Waals surface area contributed by atoms with E-state index in [2.05, 4.69) is 5.32 Å². The number of nitrogens with one attached hydrogen (secondary N) is 1. The Morgan fingerprint density at radius 1 is 1.38 bits per heavy atom. The molecule has 0 aliphatic carbocycles. The van der Waals surface area contributed by atoms with Crippen LogP contribution in [-0.2, 0) is 14.8 Å². The molecule has 1 saturated heterocycles. The Morgan fingerprint density at radius 2 is 2.19 bits per heavy atom. The van der Waals surface area contributed by atoms with Gasteiger partial charge in [-0.25, -0.2) is 8.42 Å². The first-order valence-corrected chi connectivity index (χ1v) is 10.8. The van der Waals surface area contributed by atoms with Gasteiger partial charge < -0.3 is 10.1 Å². The molecular weight excluding hydrogens is 396 g/mol. The van der Waals surface area contributed by atoms with Crippen LogP contribution in [-0.4, -0.2) is 38.8 Å². The third-order valence-corrected chi connectivity index (χ3v) is 7.80. The quantitative estimate of drug-likeness (QED) is 0.813. The molecule has 2 heterocycles. The van der Waals surface area contributed by atoms with Crippen molar-refractivity contribution in [3.8, 4) is 5.75 Å². The lowest BCUT2D eigenvalue weighted by atomic mass is 9.98. The molecule has 26 heavy (non-hydrogen) atoms. The molecule has 0 radical (unpaired) electrons. The Labute approximate surface area is 161 Å². The first-order valence-electron chi connectivity index (χ1n) is 8.10. The predicted octanol–water partition coefficient (Wildman–Crippen LogP) is 3.45. The number of anilines is 1. The van der Waals surface area contributed by atoms with Crippen LogP contribution in [0.5, 0.6) is 5.75 Å². The lowest BCUT2D eigenvalue weighted by Gasteiger charge is -2.30. The van der Waals surface area contributed by atoms with Crippen molar-refractivity contribution in [2.45, 2.75) is 17.1 Å². The summed E-state index contributed by atoms with van der Waals surface area (Å²) in [5.74, 6) is -0.0905. The van der Waals surface area contributed by atoms with Gasteiger partial charge in [-0.05, 0) is 42.5 Å². The highest BCUT2D eigenvalue weighted by atomic mass is 35.5. The monoisotopic (exact) mass is 414 g/mol. The number of halogens is 1. The minimum atomic E-state index is -3.54. The largest absolute Gasteiger partial charge is 0.495 e. The summed E-state index contributed by atoms with van der Waals surface area (Å²) in [5, 5.41) is 4.94. The zero-order chi connectivity index (χ0) is 18.7. The number of thiophene rings is 1. The van der Waals surface area contributed by atoms with Crippen molar-refractivity contribution in [1.29, 1.82) is 0 Å². The average Bonchev–Trinajstić information content (AvgIpc) is 3.17. The van der Waals surface area contributed by atoms with E-state index in [4.69, 9.17) is 16.3 Å². The van der Waals surface area contributed by atoms with Crippen LogP contribution in [0.1, 0.15) is 12.8 Å². The molecule has 1 aliphatic rings. The van der Waals surface area contributed by atoms with Gasteiger partial charge in [-0.2, -0.15) is 4.31 Å². The van der Waals surface area contributed by atoms with Gasteiger partial charge in [0.25, 0.3) is 10.0 Å². The summed E-state index contributed by atoms with van der Waals surface area (Å²) in [6.07, 6.45) is 1.29. The molecule has 1 aliphatic heterocycles. The molecular formula is C17H19ClN2O4S2. The molecule has 2 aromatic rings. The van der Waals surface area contributed by atoms with E-state index in [1.54, 1.807) is 35.7 Å². The second-order valence-electron chi connectivity index (χ2n) is 5.97. The van der Waals surface area contributed by atoms with Crippen LogP contribution >= 0.6 is 22.9 Å². The van der Waals surface area contributed by atoms with Crippen LogP contribution in [0, 0.1) is 5.92 Å². The number of nitrogens with zero attached hydrogens (tertiary/aromatic N) is 1. The molecule has 1 aromatic carbocycles. The molecule has 1 amide bonds. The zero-order valence-corrected chi connectivity index (χ0v) is 16.5. The number of rotatable bonds is 5. The summed E-state index contributed by atoms with van der Waals surface area (Å²) in [7, 11) is -2.02. The molecule has 1 aromatic heterocycles. The number of hydrogen-bond acceptors (Lipinski definition) is 5. The lowest BCUT2D eigenvalue weighted by Crippen LogP contribution is -2.43. The summed E-state index contributed by atoms with van der Waals surface area (Å²) < 4.78 is 32.1. The van der Waals surface area contributed by atoms with Gasteiger partial charge in [0.2, 0.25) is 5.91 Å². The number of benzene rings is 1. The molecule has 1 fully saturated rings. The molecule has 0 unspecified atom stereocenters. The Bertz CT molecular complexity index is 884. The van der Waals surface area contributed by atoms with Crippen molar-refractivity contribution in [2.24, 2.45) is 5.92 Å². The number of sulfonamides is 1. The summed E-state index contributed by atoms with van der Waals surface area (Å²) >= 11 is 7.26. The van der Waals surface area contributed by atoms with Crippen LogP contribution < -0.4 is 10.1 Å². The number of ether oxygens (including phenoxy) is 1. The molecule has 6 nitrogen and oxygen atoms in total. The Morgan fingerprint density at radius 3 is 2.85 bits per heavy atom. The normalized spacial score (nSPS) is 18.5. The third kappa shape index (κ3) is 4.03. The summed E-state index contributed by atoms with van der Waals surface area (Å²) in [5.41, 5.74) is 0.555. The Balaban J connectivity index is 1.69. The van der Waals surface area contributed by atoms with Crippen molar-refractivity contribution in [3.63, 3.8) is 0 Å². The highest BCUT2D eigenvalue weighted by Crippen LogP contribution is 2.29. The van der Waals surface area contributed by atoms with E-state index < -0.39 is 15.9 Å². The molecule has 9 heteroatoms. The average molecular weight is 415 g/mol. The van der Waals surface area contributed by atoms with E-state index in [1.165, 1.54) is 22.8 Å². The minimum Gasteiger partial charge on any atom is -0.495 e. The van der Waals surface area contributed by atoms with Crippen molar-refractivity contribution >= 4 is 44.6 Å². The van der Waals surface area contributed by atoms with Crippen LogP contribution in [0.15, 0.2) is 39.9 Å². The van der Waals surface area contributed by atoms with Gasteiger partial charge in [-0.3, -0.25) is 4.79 Å². The van der Waals surface area contributed by atoms with Crippen LogP contribution in [0.4, 0.5) is 5.69 Å². The highest BCUT2D eigenvalue weighted by molar-refractivity contribution is 7.91. The second-order valence-corrected chi connectivity index (χ2v) is 9.49. The fraction of sp³-hybridized carbons (Fsp3) is 0.353. The van der Waals surface area contributed by atoms with Crippen molar-refractivity contribution in [3.05, 3.63) is 40.7 Å². The topological polar surface area (TPSA) is 75.7 Å². The Kier molecular flexibility index (Phi) is 5.86. The fourth-order valence-corrected chi connectivity index (χ4v) is 5.83. The van der Waals surface area contributed by atoms with Gasteiger partial charge in [0, 0.05) is 18.8 Å². The number of amides is 1. The van der Waals surface area contributed by atoms with Crippen molar-refractivity contribution in [2.75, 3.05) is 25.5 Å². The van der Waals surface area contributed by atoms with Gasteiger partial charge in [-0.15, -0.1) is 11.3 Å². The molecule has 1 atom stereocenters. The minimum absolute atomic E-state index is 0.177. The SMILES string of the molecule is COc1ccc(NC(=O)[C@@H]2CCCN(S(=O)(=O)c3cccs3)C2)cc1Cl. The molecule has 140 valence electrons. The first-order chi connectivity index (χ1) is 12.4. The van der Waals surface area contributed by atoms with E-state index in [0.29, 0.717) is 40.1 Å². The molecule has 1 N–H and O–H groups in total.